The van der Waals surface area contributed by atoms with Crippen LogP contribution in [0.4, 0.5) is 13.2 Å². The van der Waals surface area contributed by atoms with Gasteiger partial charge in [0.2, 0.25) is 0 Å². The summed E-state index contributed by atoms with van der Waals surface area (Å²) in [7, 11) is 1.67. The van der Waals surface area contributed by atoms with Crippen molar-refractivity contribution in [2.45, 2.75) is 25.9 Å². The second-order valence-corrected chi connectivity index (χ2v) is 5.94. The van der Waals surface area contributed by atoms with Crippen molar-refractivity contribution in [3.05, 3.63) is 66.4 Å². The number of rotatable bonds is 6. The van der Waals surface area contributed by atoms with Crippen LogP contribution in [0, 0.1) is 0 Å². The molecule has 0 bridgehead atoms. The Bertz CT molecular complexity index is 883. The Hall–Kier alpha value is -2.16. The third-order valence-electron chi connectivity index (χ3n) is 4.17. The molecular weight excluding hydrogens is 389 g/mol. The first-order valence-corrected chi connectivity index (χ1v) is 8.13. The van der Waals surface area contributed by atoms with Crippen LogP contribution in [0.5, 0.6) is 5.75 Å². The van der Waals surface area contributed by atoms with Gasteiger partial charge in [-0.3, -0.25) is 0 Å². The van der Waals surface area contributed by atoms with E-state index < -0.39 is 18.5 Å². The predicted octanol–water partition coefficient (Wildman–Crippen LogP) is 4.46. The fourth-order valence-electron chi connectivity index (χ4n) is 3.15. The molecule has 0 spiro atoms. The van der Waals surface area contributed by atoms with Gasteiger partial charge in [-0.15, -0.1) is 13.2 Å². The van der Waals surface area contributed by atoms with Crippen LogP contribution in [-0.2, 0) is 0 Å². The Morgan fingerprint density at radius 3 is 2.39 bits per heavy atom. The van der Waals surface area contributed by atoms with Gasteiger partial charge in [0.25, 0.3) is 0 Å². The van der Waals surface area contributed by atoms with Crippen molar-refractivity contribution in [2.24, 2.45) is 0 Å². The second kappa shape index (κ2) is 9.86. The molecule has 0 amide bonds. The zero-order valence-electron chi connectivity index (χ0n) is 14.6. The first kappa shape index (κ1) is 23.9. The van der Waals surface area contributed by atoms with Crippen LogP contribution >= 0.6 is 13.5 Å². The largest absolute Gasteiger partial charge is 0.573 e. The molecule has 2 atom stereocenters. The van der Waals surface area contributed by atoms with E-state index in [9.17, 15) is 18.3 Å². The van der Waals surface area contributed by atoms with Crippen LogP contribution in [0.15, 0.2) is 60.8 Å². The molecule has 0 aliphatic heterocycles. The summed E-state index contributed by atoms with van der Waals surface area (Å²) in [5, 5.41) is 14.5. The standard InChI is InChI=1S/C19H19F3N2O2.CH4.H2S/c1-23-12-16(25)18(24-11-10-13-6-2-4-8-15(13)24)14-7-3-5-9-17(14)26-19(20,21)22;;/h2-11,16,18,23,25H,12H2,1H3;1H4;1H2/t16-,18+;;/m0../s1. The molecule has 1 heterocycles. The maximum absolute atomic E-state index is 12.8. The highest BCUT2D eigenvalue weighted by Gasteiger charge is 2.34. The molecule has 2 N–H and O–H groups in total. The minimum absolute atomic E-state index is 0. The SMILES string of the molecule is C.CNC[C@H](O)[C@@H](c1ccccc1OC(F)(F)F)n1ccc2ccccc21.S. The van der Waals surface area contributed by atoms with Crippen molar-refractivity contribution in [2.75, 3.05) is 13.6 Å². The van der Waals surface area contributed by atoms with E-state index in [4.69, 9.17) is 0 Å². The minimum atomic E-state index is -4.81. The molecular formula is C20H25F3N2O2S. The predicted molar refractivity (Wildman–Crippen MR) is 110 cm³/mol. The zero-order valence-corrected chi connectivity index (χ0v) is 15.6. The minimum Gasteiger partial charge on any atom is -0.405 e. The molecule has 3 aromatic rings. The molecule has 0 saturated heterocycles. The summed E-state index contributed by atoms with van der Waals surface area (Å²) in [5.74, 6) is -0.321. The van der Waals surface area contributed by atoms with Crippen LogP contribution in [0.1, 0.15) is 19.0 Å². The Labute approximate surface area is 169 Å². The monoisotopic (exact) mass is 414 g/mol. The number of ether oxygens (including phenoxy) is 1. The highest BCUT2D eigenvalue weighted by atomic mass is 32.1. The van der Waals surface area contributed by atoms with E-state index in [-0.39, 0.29) is 38.8 Å². The summed E-state index contributed by atoms with van der Waals surface area (Å²) in [4.78, 5) is 0. The Morgan fingerprint density at radius 2 is 1.71 bits per heavy atom. The fourth-order valence-corrected chi connectivity index (χ4v) is 3.15. The van der Waals surface area contributed by atoms with Gasteiger partial charge >= 0.3 is 6.36 Å². The summed E-state index contributed by atoms with van der Waals surface area (Å²) in [6, 6.07) is 14.5. The number of hydrogen-bond acceptors (Lipinski definition) is 3. The number of benzene rings is 2. The summed E-state index contributed by atoms with van der Waals surface area (Å²) in [6.07, 6.45) is -4.01. The Morgan fingerprint density at radius 1 is 1.07 bits per heavy atom. The third kappa shape index (κ3) is 5.21. The number of nitrogens with zero attached hydrogens (tertiary/aromatic N) is 1. The van der Waals surface area contributed by atoms with Gasteiger partial charge in [-0.2, -0.15) is 13.5 Å². The highest BCUT2D eigenvalue weighted by Crippen LogP contribution is 2.35. The van der Waals surface area contributed by atoms with Crippen LogP contribution < -0.4 is 10.1 Å². The van der Waals surface area contributed by atoms with Gasteiger partial charge in [0.1, 0.15) is 5.75 Å². The number of halogens is 3. The van der Waals surface area contributed by atoms with Gasteiger partial charge in [-0.25, -0.2) is 0 Å². The number of aliphatic hydroxyl groups is 1. The lowest BCUT2D eigenvalue weighted by Gasteiger charge is -2.28. The molecule has 8 heteroatoms. The molecule has 0 radical (unpaired) electrons. The number of para-hydroxylation sites is 2. The fraction of sp³-hybridized carbons (Fsp3) is 0.300. The topological polar surface area (TPSA) is 46.4 Å². The molecule has 28 heavy (non-hydrogen) atoms. The van der Waals surface area contributed by atoms with E-state index >= 15 is 0 Å². The van der Waals surface area contributed by atoms with Crippen molar-refractivity contribution >= 4 is 24.4 Å². The van der Waals surface area contributed by atoms with E-state index in [0.717, 1.165) is 10.9 Å². The zero-order chi connectivity index (χ0) is 18.7. The normalized spacial score (nSPS) is 13.3. The van der Waals surface area contributed by atoms with Crippen LogP contribution in [0.25, 0.3) is 10.9 Å². The highest BCUT2D eigenvalue weighted by molar-refractivity contribution is 7.59. The number of aromatic nitrogens is 1. The lowest BCUT2D eigenvalue weighted by molar-refractivity contribution is -0.275. The lowest BCUT2D eigenvalue weighted by Crippen LogP contribution is -2.34. The molecule has 0 aliphatic rings. The maximum Gasteiger partial charge on any atom is 0.573 e. The molecule has 0 fully saturated rings. The van der Waals surface area contributed by atoms with Gasteiger partial charge in [-0.1, -0.05) is 43.8 Å². The van der Waals surface area contributed by atoms with Gasteiger partial charge in [-0.05, 0) is 30.6 Å². The number of aliphatic hydroxyl groups excluding tert-OH is 1. The Balaban J connectivity index is 0.00000196. The van der Waals surface area contributed by atoms with Crippen molar-refractivity contribution in [1.29, 1.82) is 0 Å². The molecule has 154 valence electrons. The van der Waals surface area contributed by atoms with Crippen molar-refractivity contribution < 1.29 is 23.0 Å². The number of nitrogens with one attached hydrogen (secondary N) is 1. The van der Waals surface area contributed by atoms with Crippen LogP contribution in [0.2, 0.25) is 0 Å². The first-order valence-electron chi connectivity index (χ1n) is 8.13. The number of fused-ring (bicyclic) bond motifs is 1. The number of likely N-dealkylation sites (N-methyl/N-ethyl adjacent to an activating group) is 1. The molecule has 3 rings (SSSR count). The molecule has 4 nitrogen and oxygen atoms in total. The van der Waals surface area contributed by atoms with E-state index in [2.05, 4.69) is 10.1 Å². The summed E-state index contributed by atoms with van der Waals surface area (Å²) >= 11 is 0. The molecule has 0 aliphatic carbocycles. The van der Waals surface area contributed by atoms with Gasteiger partial charge in [0.05, 0.1) is 12.1 Å². The van der Waals surface area contributed by atoms with Crippen molar-refractivity contribution in [3.63, 3.8) is 0 Å². The van der Waals surface area contributed by atoms with E-state index in [1.165, 1.54) is 12.1 Å². The Kier molecular flexibility index (Phi) is 8.41. The van der Waals surface area contributed by atoms with Crippen LogP contribution in [0.3, 0.4) is 0 Å². The number of alkyl halides is 3. The lowest BCUT2D eigenvalue weighted by atomic mass is 9.99. The molecule has 1 aromatic heterocycles. The van der Waals surface area contributed by atoms with Crippen molar-refractivity contribution in [3.8, 4) is 5.75 Å². The summed E-state index contributed by atoms with van der Waals surface area (Å²) in [6.45, 7) is 0.206. The average molecular weight is 414 g/mol. The summed E-state index contributed by atoms with van der Waals surface area (Å²) < 4.78 is 44.5. The van der Waals surface area contributed by atoms with Gasteiger partial charge in [0, 0.05) is 23.8 Å². The maximum atomic E-state index is 12.8. The van der Waals surface area contributed by atoms with Gasteiger partial charge in [0.15, 0.2) is 0 Å². The third-order valence-corrected chi connectivity index (χ3v) is 4.17. The van der Waals surface area contributed by atoms with Crippen LogP contribution in [-0.4, -0.2) is 35.7 Å². The quantitative estimate of drug-likeness (QED) is 0.626. The molecule has 0 saturated carbocycles. The smallest absolute Gasteiger partial charge is 0.405 e. The number of hydrogen-bond donors (Lipinski definition) is 2. The second-order valence-electron chi connectivity index (χ2n) is 5.94. The average Bonchev–Trinajstić information content (AvgIpc) is 3.00. The van der Waals surface area contributed by atoms with E-state index in [1.807, 2.05) is 30.3 Å². The van der Waals surface area contributed by atoms with Gasteiger partial charge < -0.3 is 19.7 Å². The van der Waals surface area contributed by atoms with E-state index in [0.29, 0.717) is 0 Å². The van der Waals surface area contributed by atoms with E-state index in [1.54, 1.807) is 29.9 Å². The molecule has 2 aromatic carbocycles. The first-order chi connectivity index (χ1) is 12.4. The van der Waals surface area contributed by atoms with Crippen molar-refractivity contribution in [1.82, 2.24) is 9.88 Å². The summed E-state index contributed by atoms with van der Waals surface area (Å²) in [5.41, 5.74) is 1.07. The molecule has 0 unspecified atom stereocenters.